The van der Waals surface area contributed by atoms with Crippen molar-refractivity contribution in [3.8, 4) is 0 Å². The number of aliphatic hydroxyl groups excluding tert-OH is 1. The Balaban J connectivity index is 2.55. The smallest absolute Gasteiger partial charge is 0.270 e. The van der Waals surface area contributed by atoms with Crippen molar-refractivity contribution in [1.82, 2.24) is 0 Å². The van der Waals surface area contributed by atoms with E-state index < -0.39 is 12.0 Å². The van der Waals surface area contributed by atoms with Gasteiger partial charge in [-0.3, -0.25) is 0 Å². The summed E-state index contributed by atoms with van der Waals surface area (Å²) in [6.07, 6.45) is 0.547. The standard InChI is InChI=1S/C11H12F2O/c1-11(12,13)9-4-2-3-8-7(9)5-6-10(8)14/h2-4,10,14H,5-6H2,1H3. The molecule has 0 saturated heterocycles. The van der Waals surface area contributed by atoms with Crippen LogP contribution in [0.2, 0.25) is 0 Å². The molecule has 0 saturated carbocycles. The van der Waals surface area contributed by atoms with Crippen LogP contribution in [0.5, 0.6) is 0 Å². The van der Waals surface area contributed by atoms with Gasteiger partial charge in [0.15, 0.2) is 0 Å². The molecule has 0 bridgehead atoms. The first kappa shape index (κ1) is 9.59. The van der Waals surface area contributed by atoms with E-state index in [-0.39, 0.29) is 5.56 Å². The lowest BCUT2D eigenvalue weighted by atomic mass is 9.99. The lowest BCUT2D eigenvalue weighted by molar-refractivity contribution is 0.0166. The topological polar surface area (TPSA) is 20.2 Å². The zero-order valence-corrected chi connectivity index (χ0v) is 7.93. The molecule has 1 unspecified atom stereocenters. The summed E-state index contributed by atoms with van der Waals surface area (Å²) in [5.74, 6) is -2.81. The number of fused-ring (bicyclic) bond motifs is 1. The number of aliphatic hydroxyl groups is 1. The van der Waals surface area contributed by atoms with E-state index in [2.05, 4.69) is 0 Å². The van der Waals surface area contributed by atoms with Gasteiger partial charge in [-0.1, -0.05) is 18.2 Å². The van der Waals surface area contributed by atoms with Crippen molar-refractivity contribution >= 4 is 0 Å². The van der Waals surface area contributed by atoms with Crippen molar-refractivity contribution in [2.24, 2.45) is 0 Å². The minimum absolute atomic E-state index is 0.0616. The second kappa shape index (κ2) is 3.02. The van der Waals surface area contributed by atoms with E-state index in [1.165, 1.54) is 6.07 Å². The van der Waals surface area contributed by atoms with Crippen LogP contribution in [-0.2, 0) is 12.3 Å². The Hall–Kier alpha value is -0.960. The minimum atomic E-state index is -2.81. The molecule has 1 aromatic carbocycles. The van der Waals surface area contributed by atoms with E-state index in [9.17, 15) is 13.9 Å². The predicted molar refractivity (Wildman–Crippen MR) is 49.3 cm³/mol. The fraction of sp³-hybridized carbons (Fsp3) is 0.455. The maximum Gasteiger partial charge on any atom is 0.270 e. The number of rotatable bonds is 1. The molecule has 2 rings (SSSR count). The summed E-state index contributed by atoms with van der Waals surface area (Å²) in [6, 6.07) is 4.75. The van der Waals surface area contributed by atoms with Crippen LogP contribution >= 0.6 is 0 Å². The van der Waals surface area contributed by atoms with Gasteiger partial charge in [0.25, 0.3) is 5.92 Å². The Morgan fingerprint density at radius 3 is 2.79 bits per heavy atom. The first-order chi connectivity index (χ1) is 6.50. The number of halogens is 2. The second-order valence-corrected chi connectivity index (χ2v) is 3.82. The van der Waals surface area contributed by atoms with Crippen LogP contribution in [-0.4, -0.2) is 5.11 Å². The zero-order chi connectivity index (χ0) is 10.3. The summed E-state index contributed by atoms with van der Waals surface area (Å²) in [5, 5.41) is 9.53. The fourth-order valence-electron chi connectivity index (χ4n) is 2.04. The van der Waals surface area contributed by atoms with E-state index in [1.54, 1.807) is 12.1 Å². The monoisotopic (exact) mass is 198 g/mol. The van der Waals surface area contributed by atoms with Crippen molar-refractivity contribution < 1.29 is 13.9 Å². The SMILES string of the molecule is CC(F)(F)c1cccc2c1CCC2O. The molecule has 0 aromatic heterocycles. The highest BCUT2D eigenvalue weighted by atomic mass is 19.3. The maximum absolute atomic E-state index is 13.2. The number of benzene rings is 1. The summed E-state index contributed by atoms with van der Waals surface area (Å²) in [4.78, 5) is 0. The van der Waals surface area contributed by atoms with Gasteiger partial charge in [0, 0.05) is 12.5 Å². The third-order valence-electron chi connectivity index (χ3n) is 2.71. The molecule has 0 heterocycles. The summed E-state index contributed by atoms with van der Waals surface area (Å²) in [7, 11) is 0. The molecule has 1 aliphatic carbocycles. The van der Waals surface area contributed by atoms with Gasteiger partial charge in [-0.15, -0.1) is 0 Å². The van der Waals surface area contributed by atoms with Crippen LogP contribution in [0.15, 0.2) is 18.2 Å². The van der Waals surface area contributed by atoms with E-state index >= 15 is 0 Å². The van der Waals surface area contributed by atoms with Crippen molar-refractivity contribution in [3.05, 3.63) is 34.9 Å². The molecule has 0 amide bonds. The molecule has 0 radical (unpaired) electrons. The van der Waals surface area contributed by atoms with Gasteiger partial charge in [0.1, 0.15) is 0 Å². The first-order valence-electron chi connectivity index (χ1n) is 4.68. The van der Waals surface area contributed by atoms with Gasteiger partial charge in [-0.2, -0.15) is 0 Å². The molecule has 1 nitrogen and oxygen atoms in total. The molecular weight excluding hydrogens is 186 g/mol. The molecule has 1 aliphatic rings. The molecule has 1 N–H and O–H groups in total. The van der Waals surface area contributed by atoms with Gasteiger partial charge < -0.3 is 5.11 Å². The lowest BCUT2D eigenvalue weighted by Gasteiger charge is -2.15. The second-order valence-electron chi connectivity index (χ2n) is 3.82. The van der Waals surface area contributed by atoms with Crippen LogP contribution < -0.4 is 0 Å². The molecule has 1 aromatic rings. The fourth-order valence-corrected chi connectivity index (χ4v) is 2.04. The largest absolute Gasteiger partial charge is 0.388 e. The molecule has 3 heteroatoms. The van der Waals surface area contributed by atoms with Crippen molar-refractivity contribution in [2.45, 2.75) is 31.8 Å². The summed E-state index contributed by atoms with van der Waals surface area (Å²) in [5.41, 5.74) is 1.36. The molecule has 14 heavy (non-hydrogen) atoms. The van der Waals surface area contributed by atoms with Crippen LogP contribution in [0, 0.1) is 0 Å². The average Bonchev–Trinajstić information content (AvgIpc) is 2.46. The van der Waals surface area contributed by atoms with Gasteiger partial charge in [-0.25, -0.2) is 8.78 Å². The first-order valence-corrected chi connectivity index (χ1v) is 4.68. The highest BCUT2D eigenvalue weighted by Gasteiger charge is 2.32. The minimum Gasteiger partial charge on any atom is -0.388 e. The van der Waals surface area contributed by atoms with Crippen LogP contribution in [0.3, 0.4) is 0 Å². The molecule has 0 fully saturated rings. The van der Waals surface area contributed by atoms with Crippen LogP contribution in [0.4, 0.5) is 8.78 Å². The predicted octanol–water partition coefficient (Wildman–Crippen LogP) is 2.78. The molecule has 0 aliphatic heterocycles. The Morgan fingerprint density at radius 2 is 2.14 bits per heavy atom. The van der Waals surface area contributed by atoms with Gasteiger partial charge in [0.05, 0.1) is 6.10 Å². The number of alkyl halides is 2. The van der Waals surface area contributed by atoms with Gasteiger partial charge in [0.2, 0.25) is 0 Å². The Labute approximate surface area is 81.4 Å². The number of hydrogen-bond acceptors (Lipinski definition) is 1. The van der Waals surface area contributed by atoms with E-state index in [0.717, 1.165) is 6.92 Å². The third-order valence-corrected chi connectivity index (χ3v) is 2.71. The summed E-state index contributed by atoms with van der Waals surface area (Å²) in [6.45, 7) is 0.896. The Morgan fingerprint density at radius 1 is 1.43 bits per heavy atom. The third kappa shape index (κ3) is 1.42. The van der Waals surface area contributed by atoms with E-state index in [4.69, 9.17) is 0 Å². The Bertz CT molecular complexity index is 355. The molecular formula is C11H12F2O. The van der Waals surface area contributed by atoms with Crippen molar-refractivity contribution in [1.29, 1.82) is 0 Å². The average molecular weight is 198 g/mol. The quantitative estimate of drug-likeness (QED) is 0.735. The van der Waals surface area contributed by atoms with Crippen LogP contribution in [0.1, 0.15) is 36.1 Å². The van der Waals surface area contributed by atoms with E-state index in [0.29, 0.717) is 24.0 Å². The Kier molecular flexibility index (Phi) is 2.07. The van der Waals surface area contributed by atoms with Crippen molar-refractivity contribution in [3.63, 3.8) is 0 Å². The molecule has 1 atom stereocenters. The highest BCUT2D eigenvalue weighted by Crippen LogP contribution is 2.39. The van der Waals surface area contributed by atoms with E-state index in [1.807, 2.05) is 0 Å². The highest BCUT2D eigenvalue weighted by molar-refractivity contribution is 5.41. The van der Waals surface area contributed by atoms with Gasteiger partial charge >= 0.3 is 0 Å². The van der Waals surface area contributed by atoms with Crippen LogP contribution in [0.25, 0.3) is 0 Å². The zero-order valence-electron chi connectivity index (χ0n) is 7.93. The van der Waals surface area contributed by atoms with Gasteiger partial charge in [-0.05, 0) is 24.0 Å². The maximum atomic E-state index is 13.2. The summed E-state index contributed by atoms with van der Waals surface area (Å²) >= 11 is 0. The number of hydrogen-bond donors (Lipinski definition) is 1. The van der Waals surface area contributed by atoms with Crippen molar-refractivity contribution in [2.75, 3.05) is 0 Å². The lowest BCUT2D eigenvalue weighted by Crippen LogP contribution is -2.10. The summed E-state index contributed by atoms with van der Waals surface area (Å²) < 4.78 is 26.3. The normalized spacial score (nSPS) is 21.0. The molecule has 0 spiro atoms. The molecule has 76 valence electrons.